The number of hydrogen-bond acceptors (Lipinski definition) is 3. The van der Waals surface area contributed by atoms with Crippen molar-refractivity contribution in [2.45, 2.75) is 20.4 Å². The van der Waals surface area contributed by atoms with E-state index < -0.39 is 11.8 Å². The molecule has 0 saturated carbocycles. The maximum Gasteiger partial charge on any atom is 0.339 e. The van der Waals surface area contributed by atoms with Crippen LogP contribution in [0.4, 0.5) is 4.39 Å². The SMILES string of the molecule is Cc1ccc(F)cc1C(=O)N(C)Cc1cc(C(=O)O)c(C)o1. The zero-order valence-corrected chi connectivity index (χ0v) is 12.5. The van der Waals surface area contributed by atoms with Gasteiger partial charge in [0.05, 0.1) is 6.54 Å². The van der Waals surface area contributed by atoms with Crippen LogP contribution in [0.25, 0.3) is 0 Å². The number of rotatable bonds is 4. The van der Waals surface area contributed by atoms with Crippen LogP contribution >= 0.6 is 0 Å². The molecule has 1 heterocycles. The molecule has 0 atom stereocenters. The van der Waals surface area contributed by atoms with Gasteiger partial charge in [0.1, 0.15) is 22.9 Å². The normalized spacial score (nSPS) is 10.5. The number of aryl methyl sites for hydroxylation is 2. The molecule has 1 amide bonds. The van der Waals surface area contributed by atoms with Crippen LogP contribution in [0.3, 0.4) is 0 Å². The van der Waals surface area contributed by atoms with E-state index in [9.17, 15) is 14.0 Å². The predicted molar refractivity (Wildman–Crippen MR) is 77.3 cm³/mol. The number of carboxylic acids is 1. The fraction of sp³-hybridized carbons (Fsp3) is 0.250. The number of benzene rings is 1. The van der Waals surface area contributed by atoms with E-state index in [1.54, 1.807) is 20.9 Å². The van der Waals surface area contributed by atoms with Crippen LogP contribution in [0.2, 0.25) is 0 Å². The fourth-order valence-electron chi connectivity index (χ4n) is 2.17. The van der Waals surface area contributed by atoms with Gasteiger partial charge in [-0.1, -0.05) is 6.07 Å². The average Bonchev–Trinajstić information content (AvgIpc) is 2.81. The summed E-state index contributed by atoms with van der Waals surface area (Å²) in [7, 11) is 1.55. The largest absolute Gasteiger partial charge is 0.478 e. The molecule has 2 rings (SSSR count). The van der Waals surface area contributed by atoms with E-state index in [0.29, 0.717) is 11.3 Å². The molecule has 0 aliphatic rings. The number of aromatic carboxylic acids is 1. The maximum absolute atomic E-state index is 13.3. The zero-order chi connectivity index (χ0) is 16.4. The Morgan fingerprint density at radius 2 is 1.91 bits per heavy atom. The summed E-state index contributed by atoms with van der Waals surface area (Å²) < 4.78 is 18.6. The lowest BCUT2D eigenvalue weighted by atomic mass is 10.1. The topological polar surface area (TPSA) is 70.8 Å². The van der Waals surface area contributed by atoms with Gasteiger partial charge in [-0.05, 0) is 37.6 Å². The molecule has 0 spiro atoms. The third-order valence-corrected chi connectivity index (χ3v) is 3.37. The molecule has 1 aromatic heterocycles. The smallest absolute Gasteiger partial charge is 0.339 e. The Hall–Kier alpha value is -2.63. The third-order valence-electron chi connectivity index (χ3n) is 3.37. The Morgan fingerprint density at radius 3 is 2.50 bits per heavy atom. The molecular formula is C16H16FNO4. The third kappa shape index (κ3) is 3.16. The van der Waals surface area contributed by atoms with Gasteiger partial charge in [-0.25, -0.2) is 9.18 Å². The van der Waals surface area contributed by atoms with Crippen molar-refractivity contribution in [1.29, 1.82) is 0 Å². The first-order valence-corrected chi connectivity index (χ1v) is 6.64. The Balaban J connectivity index is 2.20. The number of carboxylic acid groups (broad SMARTS) is 1. The molecule has 22 heavy (non-hydrogen) atoms. The summed E-state index contributed by atoms with van der Waals surface area (Å²) in [5.41, 5.74) is 1.00. The van der Waals surface area contributed by atoms with Gasteiger partial charge in [0.25, 0.3) is 5.91 Å². The van der Waals surface area contributed by atoms with Gasteiger partial charge in [0, 0.05) is 12.6 Å². The molecular weight excluding hydrogens is 289 g/mol. The van der Waals surface area contributed by atoms with E-state index in [1.807, 2.05) is 0 Å². The minimum atomic E-state index is -1.08. The number of hydrogen-bond donors (Lipinski definition) is 1. The molecule has 0 aliphatic heterocycles. The van der Waals surface area contributed by atoms with Crippen molar-refractivity contribution >= 4 is 11.9 Å². The van der Waals surface area contributed by atoms with E-state index in [-0.39, 0.29) is 29.3 Å². The predicted octanol–water partition coefficient (Wildman–Crippen LogP) is 3.01. The number of carbonyl (C=O) groups is 2. The van der Waals surface area contributed by atoms with Gasteiger partial charge in [-0.2, -0.15) is 0 Å². The van der Waals surface area contributed by atoms with E-state index in [0.717, 1.165) is 0 Å². The molecule has 0 unspecified atom stereocenters. The van der Waals surface area contributed by atoms with Crippen LogP contribution in [0.15, 0.2) is 28.7 Å². The van der Waals surface area contributed by atoms with Gasteiger partial charge >= 0.3 is 5.97 Å². The van der Waals surface area contributed by atoms with Crippen molar-refractivity contribution in [3.8, 4) is 0 Å². The van der Waals surface area contributed by atoms with E-state index in [4.69, 9.17) is 9.52 Å². The summed E-state index contributed by atoms with van der Waals surface area (Å²) in [6.45, 7) is 3.37. The van der Waals surface area contributed by atoms with Gasteiger partial charge in [-0.15, -0.1) is 0 Å². The Kier molecular flexibility index (Phi) is 4.30. The van der Waals surface area contributed by atoms with E-state index in [2.05, 4.69) is 0 Å². The lowest BCUT2D eigenvalue weighted by Gasteiger charge is -2.17. The summed E-state index contributed by atoms with van der Waals surface area (Å²) in [4.78, 5) is 24.7. The fourth-order valence-corrected chi connectivity index (χ4v) is 2.17. The molecule has 1 aromatic carbocycles. The first-order valence-electron chi connectivity index (χ1n) is 6.64. The molecule has 0 saturated heterocycles. The minimum Gasteiger partial charge on any atom is -0.478 e. The van der Waals surface area contributed by atoms with Crippen molar-refractivity contribution in [2.75, 3.05) is 7.05 Å². The zero-order valence-electron chi connectivity index (χ0n) is 12.5. The Morgan fingerprint density at radius 1 is 1.23 bits per heavy atom. The lowest BCUT2D eigenvalue weighted by molar-refractivity contribution is 0.0694. The van der Waals surface area contributed by atoms with Gasteiger partial charge in [-0.3, -0.25) is 4.79 Å². The number of halogens is 1. The van der Waals surface area contributed by atoms with Crippen molar-refractivity contribution in [3.05, 3.63) is 58.3 Å². The van der Waals surface area contributed by atoms with Crippen LogP contribution < -0.4 is 0 Å². The standard InChI is InChI=1S/C16H16FNO4/c1-9-4-5-11(17)6-13(9)15(19)18(3)8-12-7-14(16(20)21)10(2)22-12/h4-7H,8H2,1-3H3,(H,20,21). The summed E-state index contributed by atoms with van der Waals surface area (Å²) in [5.74, 6) is -1.28. The van der Waals surface area contributed by atoms with Gasteiger partial charge < -0.3 is 14.4 Å². The molecule has 5 nitrogen and oxygen atoms in total. The summed E-state index contributed by atoms with van der Waals surface area (Å²) in [6, 6.07) is 5.40. The van der Waals surface area contributed by atoms with E-state index >= 15 is 0 Å². The minimum absolute atomic E-state index is 0.0674. The quantitative estimate of drug-likeness (QED) is 0.942. The van der Waals surface area contributed by atoms with Crippen LogP contribution in [0.5, 0.6) is 0 Å². The molecule has 116 valence electrons. The van der Waals surface area contributed by atoms with Crippen LogP contribution in [0, 0.1) is 19.7 Å². The van der Waals surface area contributed by atoms with Crippen molar-refractivity contribution in [1.82, 2.24) is 4.90 Å². The maximum atomic E-state index is 13.3. The van der Waals surface area contributed by atoms with Crippen molar-refractivity contribution < 1.29 is 23.5 Å². The highest BCUT2D eigenvalue weighted by atomic mass is 19.1. The first-order chi connectivity index (χ1) is 10.3. The molecule has 6 heteroatoms. The number of furan rings is 1. The van der Waals surface area contributed by atoms with Gasteiger partial charge in [0.15, 0.2) is 0 Å². The lowest BCUT2D eigenvalue weighted by Crippen LogP contribution is -2.26. The van der Waals surface area contributed by atoms with E-state index in [1.165, 1.54) is 29.2 Å². The monoisotopic (exact) mass is 305 g/mol. The molecule has 0 bridgehead atoms. The van der Waals surface area contributed by atoms with Crippen molar-refractivity contribution in [2.24, 2.45) is 0 Å². The number of amides is 1. The summed E-state index contributed by atoms with van der Waals surface area (Å²) in [5, 5.41) is 8.99. The van der Waals surface area contributed by atoms with Gasteiger partial charge in [0.2, 0.25) is 0 Å². The molecule has 2 aromatic rings. The number of carbonyl (C=O) groups excluding carboxylic acids is 1. The second-order valence-electron chi connectivity index (χ2n) is 5.11. The summed E-state index contributed by atoms with van der Waals surface area (Å²) in [6.07, 6.45) is 0. The molecule has 1 N–H and O–H groups in total. The summed E-state index contributed by atoms with van der Waals surface area (Å²) >= 11 is 0. The Labute approximate surface area is 127 Å². The highest BCUT2D eigenvalue weighted by Gasteiger charge is 2.19. The first kappa shape index (κ1) is 15.8. The average molecular weight is 305 g/mol. The number of nitrogens with zero attached hydrogens (tertiary/aromatic N) is 1. The van der Waals surface area contributed by atoms with Crippen LogP contribution in [-0.4, -0.2) is 28.9 Å². The molecule has 0 fully saturated rings. The second-order valence-corrected chi connectivity index (χ2v) is 5.11. The van der Waals surface area contributed by atoms with Crippen LogP contribution in [0.1, 0.15) is 37.8 Å². The molecule has 0 radical (unpaired) electrons. The highest BCUT2D eigenvalue weighted by molar-refractivity contribution is 5.95. The second kappa shape index (κ2) is 6.01. The molecule has 0 aliphatic carbocycles. The highest BCUT2D eigenvalue weighted by Crippen LogP contribution is 2.18. The Bertz CT molecular complexity index is 736. The van der Waals surface area contributed by atoms with Crippen LogP contribution in [-0.2, 0) is 6.54 Å². The van der Waals surface area contributed by atoms with Crippen molar-refractivity contribution in [3.63, 3.8) is 0 Å².